The molecule has 0 bridgehead atoms. The summed E-state index contributed by atoms with van der Waals surface area (Å²) < 4.78 is 27.1. The van der Waals surface area contributed by atoms with Crippen molar-refractivity contribution in [1.29, 1.82) is 0 Å². The van der Waals surface area contributed by atoms with E-state index in [0.717, 1.165) is 17.5 Å². The van der Waals surface area contributed by atoms with Crippen LogP contribution in [0.1, 0.15) is 11.1 Å². The Bertz CT molecular complexity index is 369. The van der Waals surface area contributed by atoms with Crippen LogP contribution in [-0.2, 0) is 16.1 Å². The van der Waals surface area contributed by atoms with Crippen molar-refractivity contribution in [3.63, 3.8) is 0 Å². The number of alkyl halides is 2. The molecule has 3 nitrogen and oxygen atoms in total. The van der Waals surface area contributed by atoms with Crippen LogP contribution < -0.4 is 5.32 Å². The summed E-state index contributed by atoms with van der Waals surface area (Å²) in [5.74, 6) is -0.424. The van der Waals surface area contributed by atoms with Gasteiger partial charge in [-0.2, -0.15) is 8.78 Å². The van der Waals surface area contributed by atoms with E-state index in [1.807, 2.05) is 31.2 Å². The number of ether oxygens (including phenoxy) is 1. The summed E-state index contributed by atoms with van der Waals surface area (Å²) in [4.78, 5) is 11.2. The molecule has 0 aliphatic rings. The molecule has 0 saturated carbocycles. The largest absolute Gasteiger partial charge is 0.352 e. The summed E-state index contributed by atoms with van der Waals surface area (Å²) >= 11 is 0. The van der Waals surface area contributed by atoms with E-state index in [9.17, 15) is 13.6 Å². The van der Waals surface area contributed by atoms with Gasteiger partial charge >= 0.3 is 6.61 Å². The van der Waals surface area contributed by atoms with E-state index in [0.29, 0.717) is 6.54 Å². The molecule has 1 amide bonds. The number of nitrogens with one attached hydrogen (secondary N) is 1. The molecule has 0 fully saturated rings. The molecule has 5 heteroatoms. The minimum atomic E-state index is -2.85. The van der Waals surface area contributed by atoms with Crippen molar-refractivity contribution in [3.05, 3.63) is 41.8 Å². The van der Waals surface area contributed by atoms with Gasteiger partial charge in [-0.25, -0.2) is 0 Å². The average molecular weight is 242 g/mol. The van der Waals surface area contributed by atoms with Gasteiger partial charge in [-0.1, -0.05) is 29.8 Å². The van der Waals surface area contributed by atoms with Crippen LogP contribution in [0.2, 0.25) is 0 Å². The highest BCUT2D eigenvalue weighted by molar-refractivity contribution is 5.84. The molecule has 0 unspecified atom stereocenters. The first kappa shape index (κ1) is 13.6. The number of carbonyl (C=O) groups excluding carboxylic acids is 1. The van der Waals surface area contributed by atoms with Gasteiger partial charge in [0, 0.05) is 6.54 Å². The molecular weight excluding hydrogens is 228 g/mol. The molecule has 0 aliphatic heterocycles. The van der Waals surface area contributed by atoms with Crippen molar-refractivity contribution in [2.75, 3.05) is 6.61 Å². The first-order valence-corrected chi connectivity index (χ1v) is 5.14. The molecule has 0 aliphatic carbocycles. The number of carbonyl (C=O) groups is 1. The minimum Gasteiger partial charge on any atom is -0.352 e. The summed E-state index contributed by atoms with van der Waals surface area (Å²) in [5, 5.41) is 2.58. The van der Waals surface area contributed by atoms with Gasteiger partial charge in [0.15, 0.2) is 0 Å². The number of amides is 1. The lowest BCUT2D eigenvalue weighted by molar-refractivity contribution is -0.130. The van der Waals surface area contributed by atoms with Gasteiger partial charge in [0.05, 0.1) is 13.0 Å². The van der Waals surface area contributed by atoms with Gasteiger partial charge in [-0.15, -0.1) is 0 Å². The first-order valence-electron chi connectivity index (χ1n) is 5.14. The van der Waals surface area contributed by atoms with Gasteiger partial charge in [-0.3, -0.25) is 4.79 Å². The number of rotatable bonds is 6. The zero-order chi connectivity index (χ0) is 12.7. The number of hydrogen-bond acceptors (Lipinski definition) is 2. The molecule has 1 aromatic rings. The van der Waals surface area contributed by atoms with Crippen LogP contribution in [0, 0.1) is 13.3 Å². The number of halogens is 2. The fourth-order valence-electron chi connectivity index (χ4n) is 1.28. The normalized spacial score (nSPS) is 10.6. The Balaban J connectivity index is 2.24. The molecule has 1 aromatic carbocycles. The second-order valence-electron chi connectivity index (χ2n) is 3.50. The predicted molar refractivity (Wildman–Crippen MR) is 59.3 cm³/mol. The number of hydrogen-bond donors (Lipinski definition) is 1. The lowest BCUT2D eigenvalue weighted by Gasteiger charge is -2.06. The maximum Gasteiger partial charge on any atom is 0.345 e. The molecular formula is C12H14F2NO2. The van der Waals surface area contributed by atoms with Gasteiger partial charge in [0.1, 0.15) is 0 Å². The van der Waals surface area contributed by atoms with Crippen molar-refractivity contribution >= 4 is 5.91 Å². The Morgan fingerprint density at radius 1 is 1.53 bits per heavy atom. The summed E-state index contributed by atoms with van der Waals surface area (Å²) in [6.45, 7) is -0.924. The maximum absolute atomic E-state index is 11.6. The first-order chi connectivity index (χ1) is 8.08. The summed E-state index contributed by atoms with van der Waals surface area (Å²) in [7, 11) is 0. The Hall–Kier alpha value is -1.49. The monoisotopic (exact) mass is 242 g/mol. The van der Waals surface area contributed by atoms with Gasteiger partial charge in [-0.05, 0) is 12.5 Å². The van der Waals surface area contributed by atoms with E-state index in [1.54, 1.807) is 0 Å². The molecule has 0 spiro atoms. The molecule has 17 heavy (non-hydrogen) atoms. The van der Waals surface area contributed by atoms with Crippen LogP contribution in [0.4, 0.5) is 8.78 Å². The van der Waals surface area contributed by atoms with Crippen molar-refractivity contribution in [1.82, 2.24) is 5.32 Å². The van der Waals surface area contributed by atoms with E-state index in [2.05, 4.69) is 10.1 Å². The van der Waals surface area contributed by atoms with Crippen LogP contribution in [0.25, 0.3) is 0 Å². The van der Waals surface area contributed by atoms with Crippen LogP contribution in [-0.4, -0.2) is 19.1 Å². The van der Waals surface area contributed by atoms with Crippen LogP contribution >= 0.6 is 0 Å². The Kier molecular flexibility index (Phi) is 5.56. The zero-order valence-corrected chi connectivity index (χ0v) is 9.45. The average Bonchev–Trinajstić information content (AvgIpc) is 2.26. The zero-order valence-electron chi connectivity index (χ0n) is 9.45. The SMILES string of the molecule is Cc1cccc(CNC(=O)[CH]COC(F)F)c1. The third-order valence-electron chi connectivity index (χ3n) is 2.04. The minimum absolute atomic E-state index is 0.367. The van der Waals surface area contributed by atoms with E-state index in [-0.39, 0.29) is 0 Å². The maximum atomic E-state index is 11.6. The van der Waals surface area contributed by atoms with Crippen molar-refractivity contribution in [2.45, 2.75) is 20.1 Å². The molecule has 1 radical (unpaired) electrons. The van der Waals surface area contributed by atoms with E-state index < -0.39 is 19.1 Å². The standard InChI is InChI=1S/C12H14F2NO2/c1-9-3-2-4-10(7-9)8-15-11(16)5-6-17-12(13)14/h2-5,7,12H,6,8H2,1H3,(H,15,16). The quantitative estimate of drug-likeness (QED) is 0.829. The van der Waals surface area contributed by atoms with Gasteiger partial charge in [0.25, 0.3) is 0 Å². The molecule has 0 atom stereocenters. The van der Waals surface area contributed by atoms with Crippen LogP contribution in [0.15, 0.2) is 24.3 Å². The summed E-state index contributed by atoms with van der Waals surface area (Å²) in [5.41, 5.74) is 2.06. The molecule has 1 rings (SSSR count). The van der Waals surface area contributed by atoms with E-state index in [4.69, 9.17) is 0 Å². The summed E-state index contributed by atoms with van der Waals surface area (Å²) in [6.07, 6.45) is 1.04. The highest BCUT2D eigenvalue weighted by Gasteiger charge is 2.05. The van der Waals surface area contributed by atoms with Crippen molar-refractivity contribution < 1.29 is 18.3 Å². The van der Waals surface area contributed by atoms with Crippen molar-refractivity contribution in [3.8, 4) is 0 Å². The second kappa shape index (κ2) is 6.96. The predicted octanol–water partition coefficient (Wildman–Crippen LogP) is 2.05. The lowest BCUT2D eigenvalue weighted by atomic mass is 10.1. The van der Waals surface area contributed by atoms with Crippen LogP contribution in [0.5, 0.6) is 0 Å². The highest BCUT2D eigenvalue weighted by Crippen LogP contribution is 2.03. The van der Waals surface area contributed by atoms with Crippen LogP contribution in [0.3, 0.4) is 0 Å². The topological polar surface area (TPSA) is 38.3 Å². The van der Waals surface area contributed by atoms with Gasteiger partial charge < -0.3 is 10.1 Å². The fraction of sp³-hybridized carbons (Fsp3) is 0.333. The van der Waals surface area contributed by atoms with E-state index >= 15 is 0 Å². The third kappa shape index (κ3) is 5.97. The Morgan fingerprint density at radius 3 is 2.94 bits per heavy atom. The Labute approximate surface area is 98.8 Å². The highest BCUT2D eigenvalue weighted by atomic mass is 19.3. The molecule has 0 saturated heterocycles. The second-order valence-corrected chi connectivity index (χ2v) is 3.50. The number of aryl methyl sites for hydroxylation is 1. The van der Waals surface area contributed by atoms with E-state index in [1.165, 1.54) is 0 Å². The van der Waals surface area contributed by atoms with Crippen molar-refractivity contribution in [2.24, 2.45) is 0 Å². The fourth-order valence-corrected chi connectivity index (χ4v) is 1.28. The number of benzene rings is 1. The van der Waals surface area contributed by atoms with Gasteiger partial charge in [0.2, 0.25) is 5.91 Å². The summed E-state index contributed by atoms with van der Waals surface area (Å²) in [6, 6.07) is 7.66. The molecule has 93 valence electrons. The Morgan fingerprint density at radius 2 is 2.29 bits per heavy atom. The molecule has 0 heterocycles. The molecule has 1 N–H and O–H groups in total. The smallest absolute Gasteiger partial charge is 0.345 e. The lowest BCUT2D eigenvalue weighted by Crippen LogP contribution is -2.24. The third-order valence-corrected chi connectivity index (χ3v) is 2.04. The molecule has 0 aromatic heterocycles.